The molecule has 0 aromatic carbocycles. The molecule has 19 heavy (non-hydrogen) atoms. The second-order valence-corrected chi connectivity index (χ2v) is 5.16. The van der Waals surface area contributed by atoms with Gasteiger partial charge in [-0.15, -0.1) is 0 Å². The Morgan fingerprint density at radius 3 is 3.11 bits per heavy atom. The average molecular weight is 252 g/mol. The number of fused-ring (bicyclic) bond motifs is 3. The Morgan fingerprint density at radius 2 is 2.21 bits per heavy atom. The Labute approximate surface area is 109 Å². The number of anilines is 2. The minimum absolute atomic E-state index is 0.0118. The van der Waals surface area contributed by atoms with E-state index in [1.807, 2.05) is 18.2 Å². The molecule has 4 rings (SSSR count). The Morgan fingerprint density at radius 1 is 1.32 bits per heavy atom. The summed E-state index contributed by atoms with van der Waals surface area (Å²) in [5, 5.41) is 2.87. The molecule has 1 amide bonds. The molecule has 0 unspecified atom stereocenters. The molecule has 3 heterocycles. The van der Waals surface area contributed by atoms with Gasteiger partial charge in [0.25, 0.3) is 0 Å². The van der Waals surface area contributed by atoms with Gasteiger partial charge < -0.3 is 11.1 Å². The van der Waals surface area contributed by atoms with Gasteiger partial charge in [0.05, 0.1) is 17.3 Å². The number of pyridine rings is 2. The summed E-state index contributed by atoms with van der Waals surface area (Å²) < 4.78 is 0. The van der Waals surface area contributed by atoms with Crippen LogP contribution in [-0.4, -0.2) is 15.9 Å². The van der Waals surface area contributed by atoms with Crippen LogP contribution in [0.1, 0.15) is 16.8 Å². The van der Waals surface area contributed by atoms with E-state index in [-0.39, 0.29) is 5.91 Å². The van der Waals surface area contributed by atoms with E-state index < -0.39 is 5.41 Å². The van der Waals surface area contributed by atoms with Crippen molar-refractivity contribution in [3.05, 3.63) is 47.4 Å². The summed E-state index contributed by atoms with van der Waals surface area (Å²) in [5.74, 6) is 0.686. The summed E-state index contributed by atoms with van der Waals surface area (Å²) in [6, 6.07) is 5.75. The molecular formula is C14H12N4O. The van der Waals surface area contributed by atoms with Crippen molar-refractivity contribution in [3.63, 3.8) is 0 Å². The fourth-order valence-electron chi connectivity index (χ4n) is 3.13. The van der Waals surface area contributed by atoms with Crippen molar-refractivity contribution in [2.24, 2.45) is 0 Å². The average Bonchev–Trinajstić information content (AvgIpc) is 2.90. The fraction of sp³-hybridized carbons (Fsp3) is 0.214. The van der Waals surface area contributed by atoms with Crippen molar-refractivity contribution in [2.45, 2.75) is 18.3 Å². The van der Waals surface area contributed by atoms with E-state index >= 15 is 0 Å². The highest BCUT2D eigenvalue weighted by Crippen LogP contribution is 2.46. The minimum atomic E-state index is -0.549. The molecule has 1 aliphatic carbocycles. The van der Waals surface area contributed by atoms with Crippen molar-refractivity contribution in [3.8, 4) is 0 Å². The van der Waals surface area contributed by atoms with Crippen LogP contribution in [0.2, 0.25) is 0 Å². The van der Waals surface area contributed by atoms with Crippen LogP contribution in [0.4, 0.5) is 11.5 Å². The number of nitrogen functional groups attached to an aromatic ring is 1. The zero-order chi connectivity index (χ0) is 13.0. The standard InChI is InChI=1S/C14H12N4O/c15-9-4-8-5-14(6-11(8)17-7-9)10-2-1-3-16-12(10)18-13(14)19/h1-4,7H,5-6,15H2,(H,16,18,19)/t14-/m0/s1. The van der Waals surface area contributed by atoms with E-state index in [0.717, 1.165) is 16.8 Å². The monoisotopic (exact) mass is 252 g/mol. The van der Waals surface area contributed by atoms with Crippen molar-refractivity contribution < 1.29 is 4.79 Å². The molecule has 2 aliphatic rings. The van der Waals surface area contributed by atoms with Gasteiger partial charge in [-0.25, -0.2) is 4.98 Å². The molecule has 1 aliphatic heterocycles. The number of nitrogens with zero attached hydrogens (tertiary/aromatic N) is 2. The Kier molecular flexibility index (Phi) is 1.83. The maximum Gasteiger partial charge on any atom is 0.237 e. The van der Waals surface area contributed by atoms with Crippen LogP contribution in [0.3, 0.4) is 0 Å². The minimum Gasteiger partial charge on any atom is -0.397 e. The Hall–Kier alpha value is -2.43. The van der Waals surface area contributed by atoms with Crippen LogP contribution in [0.5, 0.6) is 0 Å². The summed E-state index contributed by atoms with van der Waals surface area (Å²) >= 11 is 0. The summed E-state index contributed by atoms with van der Waals surface area (Å²) in [7, 11) is 0. The lowest BCUT2D eigenvalue weighted by Gasteiger charge is -2.19. The van der Waals surface area contributed by atoms with Gasteiger partial charge in [0.15, 0.2) is 0 Å². The topological polar surface area (TPSA) is 80.9 Å². The van der Waals surface area contributed by atoms with E-state index in [0.29, 0.717) is 24.3 Å². The number of nitrogens with two attached hydrogens (primary N) is 1. The third-order valence-corrected chi connectivity index (χ3v) is 4.03. The van der Waals surface area contributed by atoms with Gasteiger partial charge in [0.2, 0.25) is 5.91 Å². The molecule has 2 aromatic rings. The number of carbonyl (C=O) groups is 1. The van der Waals surface area contributed by atoms with Gasteiger partial charge in [-0.2, -0.15) is 0 Å². The number of aromatic nitrogens is 2. The van der Waals surface area contributed by atoms with Gasteiger partial charge in [0, 0.05) is 23.9 Å². The highest BCUT2D eigenvalue weighted by Gasteiger charge is 2.51. The van der Waals surface area contributed by atoms with E-state index in [1.54, 1.807) is 12.4 Å². The number of nitrogens with one attached hydrogen (secondary N) is 1. The molecule has 2 aromatic heterocycles. The number of hydrogen-bond acceptors (Lipinski definition) is 4. The normalized spacial score (nSPS) is 23.3. The van der Waals surface area contributed by atoms with Crippen LogP contribution in [0.15, 0.2) is 30.6 Å². The first-order chi connectivity index (χ1) is 9.19. The number of rotatable bonds is 0. The molecule has 5 nitrogen and oxygen atoms in total. The van der Waals surface area contributed by atoms with Crippen molar-refractivity contribution >= 4 is 17.4 Å². The van der Waals surface area contributed by atoms with E-state index in [4.69, 9.17) is 5.73 Å². The lowest BCUT2D eigenvalue weighted by molar-refractivity contribution is -0.120. The lowest BCUT2D eigenvalue weighted by atomic mass is 9.80. The number of amides is 1. The maximum absolute atomic E-state index is 12.4. The molecular weight excluding hydrogens is 240 g/mol. The zero-order valence-corrected chi connectivity index (χ0v) is 10.2. The summed E-state index contributed by atoms with van der Waals surface area (Å²) in [6.07, 6.45) is 4.60. The van der Waals surface area contributed by atoms with Crippen molar-refractivity contribution in [2.75, 3.05) is 11.1 Å². The molecule has 0 saturated heterocycles. The van der Waals surface area contributed by atoms with Gasteiger partial charge in [0.1, 0.15) is 5.82 Å². The first-order valence-electron chi connectivity index (χ1n) is 6.19. The highest BCUT2D eigenvalue weighted by molar-refractivity contribution is 6.06. The van der Waals surface area contributed by atoms with E-state index in [9.17, 15) is 4.79 Å². The molecule has 0 radical (unpaired) electrons. The third-order valence-electron chi connectivity index (χ3n) is 4.03. The Balaban J connectivity index is 1.88. The van der Waals surface area contributed by atoms with Gasteiger partial charge in [-0.3, -0.25) is 9.78 Å². The van der Waals surface area contributed by atoms with Gasteiger partial charge in [-0.05, 0) is 24.1 Å². The molecule has 1 spiro atoms. The summed E-state index contributed by atoms with van der Waals surface area (Å²) in [6.45, 7) is 0. The molecule has 3 N–H and O–H groups in total. The predicted molar refractivity (Wildman–Crippen MR) is 70.6 cm³/mol. The van der Waals surface area contributed by atoms with E-state index in [1.165, 1.54) is 0 Å². The van der Waals surface area contributed by atoms with Crippen molar-refractivity contribution in [1.82, 2.24) is 9.97 Å². The third kappa shape index (κ3) is 1.27. The lowest BCUT2D eigenvalue weighted by Crippen LogP contribution is -2.35. The zero-order valence-electron chi connectivity index (χ0n) is 10.2. The second-order valence-electron chi connectivity index (χ2n) is 5.16. The molecule has 0 bridgehead atoms. The van der Waals surface area contributed by atoms with Crippen LogP contribution in [-0.2, 0) is 23.1 Å². The second kappa shape index (κ2) is 3.32. The first kappa shape index (κ1) is 10.5. The molecule has 1 atom stereocenters. The van der Waals surface area contributed by atoms with Crippen LogP contribution in [0.25, 0.3) is 0 Å². The van der Waals surface area contributed by atoms with Gasteiger partial charge >= 0.3 is 0 Å². The molecule has 5 heteroatoms. The quantitative estimate of drug-likeness (QED) is 0.734. The molecule has 0 fully saturated rings. The van der Waals surface area contributed by atoms with Gasteiger partial charge in [-0.1, -0.05) is 6.07 Å². The largest absolute Gasteiger partial charge is 0.397 e. The highest BCUT2D eigenvalue weighted by atomic mass is 16.2. The number of carbonyl (C=O) groups excluding carboxylic acids is 1. The first-order valence-corrected chi connectivity index (χ1v) is 6.19. The SMILES string of the molecule is Nc1cnc2c(c1)C[C@@]1(C2)C(=O)Nc2ncccc21. The summed E-state index contributed by atoms with van der Waals surface area (Å²) in [4.78, 5) is 21.0. The van der Waals surface area contributed by atoms with E-state index in [2.05, 4.69) is 15.3 Å². The maximum atomic E-state index is 12.4. The fourth-order valence-corrected chi connectivity index (χ4v) is 3.13. The predicted octanol–water partition coefficient (Wildman–Crippen LogP) is 1.05. The van der Waals surface area contributed by atoms with Crippen LogP contribution < -0.4 is 11.1 Å². The summed E-state index contributed by atoms with van der Waals surface area (Å²) in [5.41, 5.74) is 8.85. The van der Waals surface area contributed by atoms with Crippen LogP contribution >= 0.6 is 0 Å². The smallest absolute Gasteiger partial charge is 0.237 e. The number of hydrogen-bond donors (Lipinski definition) is 2. The molecule has 0 saturated carbocycles. The van der Waals surface area contributed by atoms with Crippen LogP contribution in [0, 0.1) is 0 Å². The Bertz CT molecular complexity index is 712. The van der Waals surface area contributed by atoms with Crippen molar-refractivity contribution in [1.29, 1.82) is 0 Å². The molecule has 94 valence electrons.